The van der Waals surface area contributed by atoms with Crippen LogP contribution >= 0.6 is 0 Å². The highest BCUT2D eigenvalue weighted by molar-refractivity contribution is 6.02. The van der Waals surface area contributed by atoms with Crippen LogP contribution in [0.4, 0.5) is 5.69 Å². The summed E-state index contributed by atoms with van der Waals surface area (Å²) in [6.45, 7) is 0. The van der Waals surface area contributed by atoms with E-state index in [1.807, 2.05) is 0 Å². The van der Waals surface area contributed by atoms with E-state index in [1.54, 1.807) is 25.3 Å². The zero-order valence-electron chi connectivity index (χ0n) is 9.97. The predicted octanol–water partition coefficient (Wildman–Crippen LogP) is 1.94. The molecule has 1 heterocycles. The minimum Gasteiger partial charge on any atom is -0.493 e. The first-order valence-corrected chi connectivity index (χ1v) is 5.18. The number of carbonyl (C=O) groups excluding carboxylic acids is 1. The third-order valence-corrected chi connectivity index (χ3v) is 2.31. The quantitative estimate of drug-likeness (QED) is 0.895. The Kier molecular flexibility index (Phi) is 3.47. The van der Waals surface area contributed by atoms with Crippen LogP contribution in [0.1, 0.15) is 10.5 Å². The van der Waals surface area contributed by atoms with Gasteiger partial charge >= 0.3 is 0 Å². The van der Waals surface area contributed by atoms with Crippen molar-refractivity contribution < 1.29 is 18.8 Å². The van der Waals surface area contributed by atoms with E-state index in [0.29, 0.717) is 17.2 Å². The van der Waals surface area contributed by atoms with Gasteiger partial charge in [-0.1, -0.05) is 5.16 Å². The number of methoxy groups -OCH3 is 2. The van der Waals surface area contributed by atoms with Gasteiger partial charge in [-0.2, -0.15) is 0 Å². The normalized spacial score (nSPS) is 9.89. The van der Waals surface area contributed by atoms with Crippen molar-refractivity contribution in [1.82, 2.24) is 5.16 Å². The van der Waals surface area contributed by atoms with Crippen molar-refractivity contribution >= 4 is 11.6 Å². The first-order chi connectivity index (χ1) is 8.74. The molecule has 0 radical (unpaired) electrons. The summed E-state index contributed by atoms with van der Waals surface area (Å²) in [6.07, 6.45) is 1.34. The Bertz CT molecular complexity index is 537. The van der Waals surface area contributed by atoms with Gasteiger partial charge in [0.25, 0.3) is 5.91 Å². The van der Waals surface area contributed by atoms with Crippen molar-refractivity contribution in [1.29, 1.82) is 0 Å². The fourth-order valence-corrected chi connectivity index (χ4v) is 1.44. The van der Waals surface area contributed by atoms with E-state index in [1.165, 1.54) is 19.4 Å². The Hall–Kier alpha value is -2.50. The van der Waals surface area contributed by atoms with Gasteiger partial charge in [-0.15, -0.1) is 0 Å². The van der Waals surface area contributed by atoms with Gasteiger partial charge in [0.1, 0.15) is 6.26 Å². The molecule has 6 nitrogen and oxygen atoms in total. The summed E-state index contributed by atoms with van der Waals surface area (Å²) in [6, 6.07) is 6.56. The molecular weight excluding hydrogens is 236 g/mol. The molecule has 0 aliphatic rings. The van der Waals surface area contributed by atoms with Crippen LogP contribution in [-0.4, -0.2) is 25.3 Å². The van der Waals surface area contributed by atoms with E-state index in [2.05, 4.69) is 15.0 Å². The van der Waals surface area contributed by atoms with E-state index < -0.39 is 0 Å². The number of nitrogens with one attached hydrogen (secondary N) is 1. The molecule has 0 fully saturated rings. The van der Waals surface area contributed by atoms with E-state index in [4.69, 9.17) is 9.47 Å². The summed E-state index contributed by atoms with van der Waals surface area (Å²) >= 11 is 0. The minimum atomic E-state index is -0.351. The highest BCUT2D eigenvalue weighted by Crippen LogP contribution is 2.29. The molecule has 0 atom stereocenters. The van der Waals surface area contributed by atoms with Crippen LogP contribution < -0.4 is 14.8 Å². The first-order valence-electron chi connectivity index (χ1n) is 5.18. The van der Waals surface area contributed by atoms with Crippen LogP contribution in [-0.2, 0) is 0 Å². The fraction of sp³-hybridized carbons (Fsp3) is 0.167. The van der Waals surface area contributed by atoms with E-state index in [0.717, 1.165) is 0 Å². The largest absolute Gasteiger partial charge is 0.493 e. The molecule has 0 spiro atoms. The molecule has 1 amide bonds. The number of amides is 1. The van der Waals surface area contributed by atoms with Gasteiger partial charge in [0.05, 0.1) is 14.2 Å². The van der Waals surface area contributed by atoms with Crippen LogP contribution in [0, 0.1) is 0 Å². The summed E-state index contributed by atoms with van der Waals surface area (Å²) in [7, 11) is 3.08. The van der Waals surface area contributed by atoms with Crippen molar-refractivity contribution in [3.05, 3.63) is 36.2 Å². The summed E-state index contributed by atoms with van der Waals surface area (Å²) in [5.41, 5.74) is 0.797. The number of hydrogen-bond donors (Lipinski definition) is 1. The van der Waals surface area contributed by atoms with Gasteiger partial charge in [0.2, 0.25) is 0 Å². The monoisotopic (exact) mass is 248 g/mol. The number of carbonyl (C=O) groups is 1. The molecule has 6 heteroatoms. The highest BCUT2D eigenvalue weighted by atomic mass is 16.5. The van der Waals surface area contributed by atoms with Crippen molar-refractivity contribution in [2.24, 2.45) is 0 Å². The lowest BCUT2D eigenvalue weighted by Crippen LogP contribution is -2.12. The third kappa shape index (κ3) is 2.42. The molecule has 0 saturated heterocycles. The molecule has 0 aliphatic carbocycles. The Morgan fingerprint density at radius 3 is 2.61 bits per heavy atom. The molecule has 2 aromatic rings. The molecule has 1 N–H and O–H groups in total. The number of benzene rings is 1. The Morgan fingerprint density at radius 2 is 2.00 bits per heavy atom. The average Bonchev–Trinajstić information content (AvgIpc) is 2.92. The van der Waals surface area contributed by atoms with Crippen molar-refractivity contribution in [3.8, 4) is 11.5 Å². The summed E-state index contributed by atoms with van der Waals surface area (Å²) in [4.78, 5) is 11.7. The summed E-state index contributed by atoms with van der Waals surface area (Å²) in [5.74, 6) is 0.781. The Morgan fingerprint density at radius 1 is 1.22 bits per heavy atom. The standard InChI is InChI=1S/C12H12N2O4/c1-16-10-4-3-8(7-11(10)17-2)13-12(15)9-5-6-18-14-9/h3-7H,1-2H3,(H,13,15). The van der Waals surface area contributed by atoms with Gasteiger partial charge in [-0.05, 0) is 12.1 Å². The van der Waals surface area contributed by atoms with Crippen LogP contribution in [0.25, 0.3) is 0 Å². The Balaban J connectivity index is 2.17. The highest BCUT2D eigenvalue weighted by Gasteiger charge is 2.11. The maximum Gasteiger partial charge on any atom is 0.277 e. The Labute approximate surface area is 103 Å². The molecule has 0 bridgehead atoms. The zero-order valence-corrected chi connectivity index (χ0v) is 9.97. The zero-order chi connectivity index (χ0) is 13.0. The molecule has 18 heavy (non-hydrogen) atoms. The summed E-state index contributed by atoms with van der Waals surface area (Å²) < 4.78 is 14.8. The molecule has 0 unspecified atom stereocenters. The fourth-order valence-electron chi connectivity index (χ4n) is 1.44. The molecule has 1 aromatic heterocycles. The second-order valence-corrected chi connectivity index (χ2v) is 3.41. The maximum absolute atomic E-state index is 11.7. The predicted molar refractivity (Wildman–Crippen MR) is 64.0 cm³/mol. The minimum absolute atomic E-state index is 0.213. The van der Waals surface area contributed by atoms with E-state index in [-0.39, 0.29) is 11.6 Å². The second kappa shape index (κ2) is 5.22. The maximum atomic E-state index is 11.7. The lowest BCUT2D eigenvalue weighted by molar-refractivity contribution is 0.101. The van der Waals surface area contributed by atoms with Crippen LogP contribution in [0.15, 0.2) is 35.1 Å². The topological polar surface area (TPSA) is 73.6 Å². The second-order valence-electron chi connectivity index (χ2n) is 3.41. The smallest absolute Gasteiger partial charge is 0.277 e. The van der Waals surface area contributed by atoms with Gasteiger partial charge < -0.3 is 19.3 Å². The van der Waals surface area contributed by atoms with Crippen LogP contribution in [0.3, 0.4) is 0 Å². The summed E-state index contributed by atoms with van der Waals surface area (Å²) in [5, 5.41) is 6.22. The number of anilines is 1. The number of rotatable bonds is 4. The number of hydrogen-bond acceptors (Lipinski definition) is 5. The van der Waals surface area contributed by atoms with Gasteiger partial charge in [-0.25, -0.2) is 0 Å². The van der Waals surface area contributed by atoms with Crippen LogP contribution in [0.5, 0.6) is 11.5 Å². The van der Waals surface area contributed by atoms with E-state index >= 15 is 0 Å². The number of nitrogens with zero attached hydrogens (tertiary/aromatic N) is 1. The van der Waals surface area contributed by atoms with Gasteiger partial charge in [-0.3, -0.25) is 4.79 Å². The van der Waals surface area contributed by atoms with Crippen molar-refractivity contribution in [3.63, 3.8) is 0 Å². The van der Waals surface area contributed by atoms with Gasteiger partial charge in [0.15, 0.2) is 17.2 Å². The first kappa shape index (κ1) is 12.0. The SMILES string of the molecule is COc1ccc(NC(=O)c2ccon2)cc1OC. The number of aromatic nitrogens is 1. The molecular formula is C12H12N2O4. The molecule has 2 rings (SSSR count). The van der Waals surface area contributed by atoms with Gasteiger partial charge in [0, 0.05) is 17.8 Å². The van der Waals surface area contributed by atoms with Crippen LogP contribution in [0.2, 0.25) is 0 Å². The molecule has 0 aliphatic heterocycles. The molecule has 0 saturated carbocycles. The van der Waals surface area contributed by atoms with Crippen molar-refractivity contribution in [2.45, 2.75) is 0 Å². The average molecular weight is 248 g/mol. The molecule has 94 valence electrons. The number of ether oxygens (including phenoxy) is 2. The lowest BCUT2D eigenvalue weighted by Gasteiger charge is -2.09. The molecule has 1 aromatic carbocycles. The van der Waals surface area contributed by atoms with E-state index in [9.17, 15) is 4.79 Å². The van der Waals surface area contributed by atoms with Crippen molar-refractivity contribution in [2.75, 3.05) is 19.5 Å². The third-order valence-electron chi connectivity index (χ3n) is 2.31. The lowest BCUT2D eigenvalue weighted by atomic mass is 10.2.